The van der Waals surface area contributed by atoms with Crippen LogP contribution < -0.4 is 5.32 Å². The van der Waals surface area contributed by atoms with E-state index in [9.17, 15) is 9.59 Å². The summed E-state index contributed by atoms with van der Waals surface area (Å²) in [6.07, 6.45) is 1.40. The molecule has 0 saturated heterocycles. The fourth-order valence-corrected chi connectivity index (χ4v) is 2.38. The maximum atomic E-state index is 11.9. The van der Waals surface area contributed by atoms with Gasteiger partial charge in [-0.05, 0) is 30.6 Å². The summed E-state index contributed by atoms with van der Waals surface area (Å²) >= 11 is 6.60. The molecule has 0 atom stereocenters. The minimum absolute atomic E-state index is 0.00139. The highest BCUT2D eigenvalue weighted by atomic mass is 35.5. The number of rotatable bonds is 3. The molecule has 1 amide bonds. The van der Waals surface area contributed by atoms with Crippen molar-refractivity contribution in [3.05, 3.63) is 40.3 Å². The van der Waals surface area contributed by atoms with Gasteiger partial charge in [-0.1, -0.05) is 11.6 Å². The van der Waals surface area contributed by atoms with Crippen molar-refractivity contribution in [2.24, 2.45) is 0 Å². The van der Waals surface area contributed by atoms with Gasteiger partial charge in [0.25, 0.3) is 5.91 Å². The lowest BCUT2D eigenvalue weighted by Crippen LogP contribution is -2.13. The second kappa shape index (κ2) is 5.33. The topological polar surface area (TPSA) is 92.2 Å². The van der Waals surface area contributed by atoms with Crippen molar-refractivity contribution in [1.82, 2.24) is 9.36 Å². The van der Waals surface area contributed by atoms with Crippen molar-refractivity contribution in [1.29, 1.82) is 0 Å². The van der Waals surface area contributed by atoms with E-state index in [4.69, 9.17) is 16.7 Å². The lowest BCUT2D eigenvalue weighted by Gasteiger charge is -2.03. The summed E-state index contributed by atoms with van der Waals surface area (Å²) in [5, 5.41) is 11.9. The predicted molar refractivity (Wildman–Crippen MR) is 71.0 cm³/mol. The Hall–Kier alpha value is -1.99. The van der Waals surface area contributed by atoms with Gasteiger partial charge in [0, 0.05) is 11.8 Å². The molecule has 0 aliphatic heterocycles. The molecule has 0 spiro atoms. The summed E-state index contributed by atoms with van der Waals surface area (Å²) in [4.78, 5) is 26.8. The molecule has 0 radical (unpaired) electrons. The minimum Gasteiger partial charge on any atom is -0.478 e. The molecule has 0 aromatic carbocycles. The molecule has 2 N–H and O–H groups in total. The highest BCUT2D eigenvalue weighted by molar-refractivity contribution is 7.11. The molecule has 0 bridgehead atoms. The van der Waals surface area contributed by atoms with Crippen LogP contribution in [0.4, 0.5) is 5.00 Å². The SMILES string of the molecule is Cc1nsc(NC(=O)c2ccnc(Cl)c2)c1C(=O)O. The number of aryl methyl sites for hydroxylation is 1. The van der Waals surface area contributed by atoms with Gasteiger partial charge in [-0.2, -0.15) is 4.37 Å². The van der Waals surface area contributed by atoms with E-state index in [1.807, 2.05) is 0 Å². The van der Waals surface area contributed by atoms with Crippen molar-refractivity contribution in [3.63, 3.8) is 0 Å². The van der Waals surface area contributed by atoms with Crippen LogP contribution in [0.1, 0.15) is 26.4 Å². The van der Waals surface area contributed by atoms with E-state index in [0.29, 0.717) is 11.3 Å². The molecule has 2 rings (SSSR count). The summed E-state index contributed by atoms with van der Waals surface area (Å²) in [5.41, 5.74) is 0.654. The second-order valence-corrected chi connectivity index (χ2v) is 4.76. The van der Waals surface area contributed by atoms with E-state index in [1.54, 1.807) is 6.92 Å². The Morgan fingerprint density at radius 3 is 2.84 bits per heavy atom. The first-order chi connectivity index (χ1) is 8.99. The molecular formula is C11H8ClN3O3S. The zero-order valence-electron chi connectivity index (χ0n) is 9.68. The number of nitrogens with one attached hydrogen (secondary N) is 1. The van der Waals surface area contributed by atoms with Crippen LogP contribution in [0, 0.1) is 6.92 Å². The van der Waals surface area contributed by atoms with Crippen LogP contribution in [0.3, 0.4) is 0 Å². The third-order valence-corrected chi connectivity index (χ3v) is 3.35. The molecule has 19 heavy (non-hydrogen) atoms. The fourth-order valence-electron chi connectivity index (χ4n) is 1.43. The first kappa shape index (κ1) is 13.4. The number of carbonyl (C=O) groups excluding carboxylic acids is 1. The zero-order chi connectivity index (χ0) is 14.0. The quantitative estimate of drug-likeness (QED) is 0.849. The van der Waals surface area contributed by atoms with E-state index in [2.05, 4.69) is 14.7 Å². The maximum absolute atomic E-state index is 11.9. The summed E-state index contributed by atoms with van der Waals surface area (Å²) in [6, 6.07) is 2.88. The molecule has 0 unspecified atom stereocenters. The Kier molecular flexibility index (Phi) is 3.77. The predicted octanol–water partition coefficient (Wildman–Crippen LogP) is 2.45. The van der Waals surface area contributed by atoms with Crippen molar-refractivity contribution in [3.8, 4) is 0 Å². The van der Waals surface area contributed by atoms with Crippen molar-refractivity contribution in [2.45, 2.75) is 6.92 Å². The molecule has 2 heterocycles. The molecule has 2 aromatic heterocycles. The molecule has 0 aliphatic carbocycles. The van der Waals surface area contributed by atoms with Crippen LogP contribution in [0.2, 0.25) is 5.15 Å². The summed E-state index contributed by atoms with van der Waals surface area (Å²) in [6.45, 7) is 1.57. The third-order valence-electron chi connectivity index (χ3n) is 2.29. The third kappa shape index (κ3) is 2.88. The number of carboxylic acids is 1. The normalized spacial score (nSPS) is 10.2. The number of halogens is 1. The van der Waals surface area contributed by atoms with Gasteiger partial charge >= 0.3 is 5.97 Å². The molecule has 98 valence electrons. The van der Waals surface area contributed by atoms with E-state index >= 15 is 0 Å². The molecule has 8 heteroatoms. The summed E-state index contributed by atoms with van der Waals surface area (Å²) < 4.78 is 3.91. The van der Waals surface area contributed by atoms with E-state index < -0.39 is 11.9 Å². The molecule has 6 nitrogen and oxygen atoms in total. The van der Waals surface area contributed by atoms with Gasteiger partial charge in [0.05, 0.1) is 5.69 Å². The Bertz CT molecular complexity index is 656. The number of pyridine rings is 1. The Balaban J connectivity index is 2.27. The van der Waals surface area contributed by atoms with Crippen molar-refractivity contribution in [2.75, 3.05) is 5.32 Å². The van der Waals surface area contributed by atoms with E-state index in [1.165, 1.54) is 18.3 Å². The second-order valence-electron chi connectivity index (χ2n) is 3.60. The fraction of sp³-hybridized carbons (Fsp3) is 0.0909. The maximum Gasteiger partial charge on any atom is 0.340 e. The number of carbonyl (C=O) groups is 2. The largest absolute Gasteiger partial charge is 0.478 e. The highest BCUT2D eigenvalue weighted by Gasteiger charge is 2.19. The number of anilines is 1. The number of aromatic carboxylic acids is 1. The molecule has 2 aromatic rings. The summed E-state index contributed by atoms with van der Waals surface area (Å²) in [7, 11) is 0. The van der Waals surface area contributed by atoms with Crippen LogP contribution in [0.25, 0.3) is 0 Å². The van der Waals surface area contributed by atoms with Crippen LogP contribution in [-0.4, -0.2) is 26.3 Å². The zero-order valence-corrected chi connectivity index (χ0v) is 11.2. The first-order valence-electron chi connectivity index (χ1n) is 5.11. The van der Waals surface area contributed by atoms with Crippen molar-refractivity contribution < 1.29 is 14.7 Å². The van der Waals surface area contributed by atoms with Crippen LogP contribution >= 0.6 is 23.1 Å². The number of nitrogens with zero attached hydrogens (tertiary/aromatic N) is 2. The highest BCUT2D eigenvalue weighted by Crippen LogP contribution is 2.25. The smallest absolute Gasteiger partial charge is 0.340 e. The Morgan fingerprint density at radius 1 is 1.47 bits per heavy atom. The van der Waals surface area contributed by atoms with Crippen LogP contribution in [0.15, 0.2) is 18.3 Å². The standard InChI is InChI=1S/C11H8ClN3O3S/c1-5-8(11(17)18)10(19-15-5)14-9(16)6-2-3-13-7(12)4-6/h2-4H,1H3,(H,14,16)(H,17,18). The Morgan fingerprint density at radius 2 is 2.21 bits per heavy atom. The van der Waals surface area contributed by atoms with E-state index in [0.717, 1.165) is 11.5 Å². The van der Waals surface area contributed by atoms with Gasteiger partial charge < -0.3 is 10.4 Å². The molecule has 0 fully saturated rings. The number of amides is 1. The summed E-state index contributed by atoms with van der Waals surface area (Å²) in [5.74, 6) is -1.59. The van der Waals surface area contributed by atoms with Crippen LogP contribution in [-0.2, 0) is 0 Å². The lowest BCUT2D eigenvalue weighted by atomic mass is 10.2. The van der Waals surface area contributed by atoms with Gasteiger partial charge in [0.2, 0.25) is 0 Å². The monoisotopic (exact) mass is 297 g/mol. The van der Waals surface area contributed by atoms with Gasteiger partial charge in [0.15, 0.2) is 0 Å². The van der Waals surface area contributed by atoms with Gasteiger partial charge in [0.1, 0.15) is 15.7 Å². The number of carboxylic acid groups (broad SMARTS) is 1. The van der Waals surface area contributed by atoms with Crippen LogP contribution in [0.5, 0.6) is 0 Å². The average molecular weight is 298 g/mol. The molecule has 0 aliphatic rings. The number of hydrogen-bond acceptors (Lipinski definition) is 5. The molecular weight excluding hydrogens is 290 g/mol. The lowest BCUT2D eigenvalue weighted by molar-refractivity contribution is 0.0697. The number of hydrogen-bond donors (Lipinski definition) is 2. The van der Waals surface area contributed by atoms with E-state index in [-0.39, 0.29) is 15.7 Å². The first-order valence-corrected chi connectivity index (χ1v) is 6.26. The average Bonchev–Trinajstić information content (AvgIpc) is 2.70. The van der Waals surface area contributed by atoms with Crippen molar-refractivity contribution >= 4 is 40.0 Å². The molecule has 0 saturated carbocycles. The Labute approximate surface area is 117 Å². The van der Waals surface area contributed by atoms with Gasteiger partial charge in [-0.25, -0.2) is 9.78 Å². The number of aromatic nitrogens is 2. The van der Waals surface area contributed by atoms with Gasteiger partial charge in [-0.15, -0.1) is 0 Å². The minimum atomic E-state index is -1.13. The van der Waals surface area contributed by atoms with Gasteiger partial charge in [-0.3, -0.25) is 4.79 Å².